The summed E-state index contributed by atoms with van der Waals surface area (Å²) in [7, 11) is 0. The molecule has 0 unspecified atom stereocenters. The van der Waals surface area contributed by atoms with Crippen molar-refractivity contribution >= 4 is 6.09 Å². The Kier molecular flexibility index (Phi) is 3.93. The average Bonchev–Trinajstić information content (AvgIpc) is 2.05. The predicted octanol–water partition coefficient (Wildman–Crippen LogP) is 0.661. The summed E-state index contributed by atoms with van der Waals surface area (Å²) in [6.45, 7) is 6.25. The molecule has 0 aromatic carbocycles. The van der Waals surface area contributed by atoms with Crippen molar-refractivity contribution in [2.24, 2.45) is 0 Å². The van der Waals surface area contributed by atoms with Gasteiger partial charge in [-0.25, -0.2) is 4.79 Å². The van der Waals surface area contributed by atoms with Crippen LogP contribution in [-0.2, 0) is 9.47 Å². The molecule has 88 valence electrons. The Morgan fingerprint density at radius 3 is 2.73 bits per heavy atom. The molecule has 0 radical (unpaired) electrons. The molecule has 0 aromatic rings. The first-order valence-electron chi connectivity index (χ1n) is 5.14. The van der Waals surface area contributed by atoms with Gasteiger partial charge >= 0.3 is 6.09 Å². The maximum atomic E-state index is 11.4. The van der Waals surface area contributed by atoms with Crippen LogP contribution in [0.25, 0.3) is 0 Å². The Labute approximate surface area is 89.8 Å². The molecule has 0 aliphatic carbocycles. The molecule has 1 aliphatic heterocycles. The van der Waals surface area contributed by atoms with Crippen LogP contribution in [0.3, 0.4) is 0 Å². The normalized spacial score (nSPS) is 27.2. The van der Waals surface area contributed by atoms with Gasteiger partial charge in [-0.1, -0.05) is 0 Å². The molecular formula is C10H19NO4. The van der Waals surface area contributed by atoms with Crippen LogP contribution in [0.1, 0.15) is 27.2 Å². The summed E-state index contributed by atoms with van der Waals surface area (Å²) in [5.74, 6) is 0. The SMILES string of the molecule is CC(C)(C)OC(=O)N[C@@H]1COCC[C@@H]1O. The van der Waals surface area contributed by atoms with Gasteiger partial charge in [0.1, 0.15) is 5.60 Å². The van der Waals surface area contributed by atoms with Gasteiger partial charge in [-0.3, -0.25) is 0 Å². The first kappa shape index (κ1) is 12.3. The lowest BCUT2D eigenvalue weighted by molar-refractivity contribution is -0.0211. The number of hydrogen-bond acceptors (Lipinski definition) is 4. The van der Waals surface area contributed by atoms with Crippen molar-refractivity contribution < 1.29 is 19.4 Å². The third kappa shape index (κ3) is 4.48. The van der Waals surface area contributed by atoms with Gasteiger partial charge in [-0.15, -0.1) is 0 Å². The van der Waals surface area contributed by atoms with E-state index < -0.39 is 17.8 Å². The highest BCUT2D eigenvalue weighted by molar-refractivity contribution is 5.68. The molecule has 2 N–H and O–H groups in total. The average molecular weight is 217 g/mol. The minimum Gasteiger partial charge on any atom is -0.444 e. The summed E-state index contributed by atoms with van der Waals surface area (Å²) >= 11 is 0. The predicted molar refractivity (Wildman–Crippen MR) is 54.6 cm³/mol. The van der Waals surface area contributed by atoms with E-state index in [0.29, 0.717) is 19.6 Å². The highest BCUT2D eigenvalue weighted by Crippen LogP contribution is 2.10. The number of hydrogen-bond donors (Lipinski definition) is 2. The first-order chi connectivity index (χ1) is 6.88. The minimum atomic E-state index is -0.550. The molecular weight excluding hydrogens is 198 g/mol. The van der Waals surface area contributed by atoms with E-state index in [1.165, 1.54) is 0 Å². The lowest BCUT2D eigenvalue weighted by Gasteiger charge is -2.29. The fraction of sp³-hybridized carbons (Fsp3) is 0.900. The molecule has 15 heavy (non-hydrogen) atoms. The van der Waals surface area contributed by atoms with Gasteiger partial charge < -0.3 is 19.9 Å². The number of alkyl carbamates (subject to hydrolysis) is 1. The van der Waals surface area contributed by atoms with Crippen molar-refractivity contribution in [3.63, 3.8) is 0 Å². The van der Waals surface area contributed by atoms with E-state index in [1.54, 1.807) is 20.8 Å². The van der Waals surface area contributed by atoms with Crippen molar-refractivity contribution in [1.82, 2.24) is 5.32 Å². The maximum absolute atomic E-state index is 11.4. The largest absolute Gasteiger partial charge is 0.444 e. The molecule has 5 nitrogen and oxygen atoms in total. The Morgan fingerprint density at radius 2 is 2.20 bits per heavy atom. The van der Waals surface area contributed by atoms with Crippen LogP contribution in [0.15, 0.2) is 0 Å². The smallest absolute Gasteiger partial charge is 0.408 e. The summed E-state index contributed by atoms with van der Waals surface area (Å²) in [5.41, 5.74) is -0.523. The van der Waals surface area contributed by atoms with Crippen molar-refractivity contribution in [2.75, 3.05) is 13.2 Å². The molecule has 1 aliphatic rings. The number of nitrogens with one attached hydrogen (secondary N) is 1. The Hall–Kier alpha value is -0.810. The molecule has 1 amide bonds. The van der Waals surface area contributed by atoms with Crippen molar-refractivity contribution in [3.8, 4) is 0 Å². The quantitative estimate of drug-likeness (QED) is 0.677. The number of carbonyl (C=O) groups excluding carboxylic acids is 1. The highest BCUT2D eigenvalue weighted by atomic mass is 16.6. The second-order valence-electron chi connectivity index (χ2n) is 4.68. The number of aliphatic hydroxyl groups is 1. The van der Waals surface area contributed by atoms with Gasteiger partial charge in [0.2, 0.25) is 0 Å². The zero-order valence-electron chi connectivity index (χ0n) is 9.45. The number of ether oxygens (including phenoxy) is 2. The van der Waals surface area contributed by atoms with Crippen LogP contribution in [0, 0.1) is 0 Å². The van der Waals surface area contributed by atoms with E-state index >= 15 is 0 Å². The second-order valence-corrected chi connectivity index (χ2v) is 4.68. The van der Waals surface area contributed by atoms with E-state index in [1.807, 2.05) is 0 Å². The van der Waals surface area contributed by atoms with Gasteiger partial charge in [0.05, 0.1) is 18.8 Å². The van der Waals surface area contributed by atoms with Crippen LogP contribution in [-0.4, -0.2) is 42.2 Å². The topological polar surface area (TPSA) is 67.8 Å². The summed E-state index contributed by atoms with van der Waals surface area (Å²) in [4.78, 5) is 11.4. The Morgan fingerprint density at radius 1 is 1.53 bits per heavy atom. The fourth-order valence-corrected chi connectivity index (χ4v) is 1.32. The monoisotopic (exact) mass is 217 g/mol. The molecule has 1 rings (SSSR count). The summed E-state index contributed by atoms with van der Waals surface area (Å²) in [6.07, 6.45) is -0.524. The van der Waals surface area contributed by atoms with Gasteiger partial charge in [-0.05, 0) is 27.2 Å². The number of rotatable bonds is 1. The molecule has 5 heteroatoms. The molecule has 1 saturated heterocycles. The Balaban J connectivity index is 2.36. The van der Waals surface area contributed by atoms with Gasteiger partial charge in [0.15, 0.2) is 0 Å². The van der Waals surface area contributed by atoms with Crippen LogP contribution < -0.4 is 5.32 Å². The van der Waals surface area contributed by atoms with Gasteiger partial charge in [-0.2, -0.15) is 0 Å². The molecule has 0 bridgehead atoms. The molecule has 1 fully saturated rings. The van der Waals surface area contributed by atoms with Crippen LogP contribution in [0.4, 0.5) is 4.79 Å². The van der Waals surface area contributed by atoms with E-state index in [0.717, 1.165) is 0 Å². The minimum absolute atomic E-state index is 0.334. The fourth-order valence-electron chi connectivity index (χ4n) is 1.32. The number of aliphatic hydroxyl groups excluding tert-OH is 1. The van der Waals surface area contributed by atoms with Crippen LogP contribution in [0.2, 0.25) is 0 Å². The van der Waals surface area contributed by atoms with Crippen LogP contribution in [0.5, 0.6) is 0 Å². The molecule has 0 saturated carbocycles. The lowest BCUT2D eigenvalue weighted by atomic mass is 10.1. The third-order valence-electron chi connectivity index (χ3n) is 2.02. The van der Waals surface area contributed by atoms with Crippen molar-refractivity contribution in [2.45, 2.75) is 44.9 Å². The first-order valence-corrected chi connectivity index (χ1v) is 5.14. The summed E-state index contributed by atoms with van der Waals surface area (Å²) < 4.78 is 10.2. The highest BCUT2D eigenvalue weighted by Gasteiger charge is 2.27. The zero-order chi connectivity index (χ0) is 11.5. The third-order valence-corrected chi connectivity index (χ3v) is 2.02. The van der Waals surface area contributed by atoms with E-state index in [2.05, 4.69) is 5.32 Å². The Bertz CT molecular complexity index is 224. The van der Waals surface area contributed by atoms with E-state index in [4.69, 9.17) is 9.47 Å². The van der Waals surface area contributed by atoms with Gasteiger partial charge in [0.25, 0.3) is 0 Å². The van der Waals surface area contributed by atoms with E-state index in [-0.39, 0.29) is 6.04 Å². The summed E-state index contributed by atoms with van der Waals surface area (Å²) in [6, 6.07) is -0.367. The van der Waals surface area contributed by atoms with Crippen molar-refractivity contribution in [3.05, 3.63) is 0 Å². The zero-order valence-corrected chi connectivity index (χ0v) is 9.45. The molecule has 1 heterocycles. The van der Waals surface area contributed by atoms with Crippen LogP contribution >= 0.6 is 0 Å². The lowest BCUT2D eigenvalue weighted by Crippen LogP contribution is -2.50. The number of amides is 1. The van der Waals surface area contributed by atoms with E-state index in [9.17, 15) is 9.90 Å². The standard InChI is InChI=1S/C10H19NO4/c1-10(2,3)15-9(13)11-7-6-14-5-4-8(7)12/h7-8,12H,4-6H2,1-3H3,(H,11,13)/t7-,8+/m1/s1. The second kappa shape index (κ2) is 4.81. The van der Waals surface area contributed by atoms with Crippen molar-refractivity contribution in [1.29, 1.82) is 0 Å². The molecule has 0 spiro atoms. The number of carbonyl (C=O) groups is 1. The maximum Gasteiger partial charge on any atom is 0.408 e. The summed E-state index contributed by atoms with van der Waals surface area (Å²) in [5, 5.41) is 12.2. The molecule has 0 aromatic heterocycles. The molecule has 2 atom stereocenters. The van der Waals surface area contributed by atoms with Gasteiger partial charge in [0, 0.05) is 6.61 Å².